The van der Waals surface area contributed by atoms with E-state index in [1.54, 1.807) is 6.07 Å². The molecule has 1 aliphatic rings. The summed E-state index contributed by atoms with van der Waals surface area (Å²) in [6.45, 7) is 11.0. The Morgan fingerprint density at radius 2 is 1.56 bits per heavy atom. The lowest BCUT2D eigenvalue weighted by molar-refractivity contribution is -0.142. The average Bonchev–Trinajstić information content (AvgIpc) is 2.53. The molecule has 0 radical (unpaired) electrons. The zero-order chi connectivity index (χ0) is 18.8. The van der Waals surface area contributed by atoms with Crippen LogP contribution in [0.4, 0.5) is 13.2 Å². The Morgan fingerprint density at radius 3 is 2.04 bits per heavy atom. The number of hydrogen-bond acceptors (Lipinski definition) is 2. The number of nitrogens with zero attached hydrogens (tertiary/aromatic N) is 1. The van der Waals surface area contributed by atoms with Crippen LogP contribution in [0.3, 0.4) is 0 Å². The first-order valence-electron chi connectivity index (χ1n) is 9.16. The van der Waals surface area contributed by atoms with Gasteiger partial charge in [0, 0.05) is 19.6 Å². The maximum absolute atomic E-state index is 13.3. The number of rotatable bonds is 5. The molecule has 2 nitrogen and oxygen atoms in total. The van der Waals surface area contributed by atoms with Crippen molar-refractivity contribution in [3.8, 4) is 0 Å². The fourth-order valence-corrected chi connectivity index (χ4v) is 4.00. The van der Waals surface area contributed by atoms with Gasteiger partial charge in [0.05, 0.1) is 11.2 Å². The molecule has 0 atom stereocenters. The van der Waals surface area contributed by atoms with Crippen molar-refractivity contribution in [1.29, 1.82) is 0 Å². The van der Waals surface area contributed by atoms with E-state index in [2.05, 4.69) is 32.6 Å². The maximum atomic E-state index is 13.3. The molecule has 0 spiro atoms. The molecule has 1 aromatic rings. The Bertz CT molecular complexity index is 552. The topological polar surface area (TPSA) is 23.5 Å². The first-order valence-corrected chi connectivity index (χ1v) is 9.16. The molecule has 142 valence electrons. The standard InChI is InChI=1S/C20H30F3NO/c1-14(2)16(15(3)4)13-24-11-9-19(25,10-12-24)17-7-5-6-8-18(17)20(21,22)23/h5-8,14-16,25H,9-13H2,1-4H3. The number of likely N-dealkylation sites (tertiary alicyclic amines) is 1. The van der Waals surface area contributed by atoms with Crippen LogP contribution in [0.25, 0.3) is 0 Å². The zero-order valence-electron chi connectivity index (χ0n) is 15.6. The Hall–Kier alpha value is -1.07. The molecule has 1 fully saturated rings. The fraction of sp³-hybridized carbons (Fsp3) is 0.700. The van der Waals surface area contributed by atoms with Gasteiger partial charge in [0.25, 0.3) is 0 Å². The van der Waals surface area contributed by atoms with Crippen molar-refractivity contribution in [2.24, 2.45) is 17.8 Å². The summed E-state index contributed by atoms with van der Waals surface area (Å²) in [7, 11) is 0. The summed E-state index contributed by atoms with van der Waals surface area (Å²) in [5, 5.41) is 10.9. The lowest BCUT2D eigenvalue weighted by atomic mass is 9.80. The van der Waals surface area contributed by atoms with Gasteiger partial charge in [0.2, 0.25) is 0 Å². The summed E-state index contributed by atoms with van der Waals surface area (Å²) >= 11 is 0. The monoisotopic (exact) mass is 357 g/mol. The Morgan fingerprint density at radius 1 is 1.04 bits per heavy atom. The van der Waals surface area contributed by atoms with Crippen molar-refractivity contribution in [2.75, 3.05) is 19.6 Å². The Kier molecular flexibility index (Phi) is 6.21. The number of benzene rings is 1. The molecule has 2 rings (SSSR count). The maximum Gasteiger partial charge on any atom is 0.416 e. The minimum Gasteiger partial charge on any atom is -0.385 e. The molecular formula is C20H30F3NO. The second-order valence-electron chi connectivity index (χ2n) is 8.03. The number of aliphatic hydroxyl groups is 1. The van der Waals surface area contributed by atoms with E-state index in [4.69, 9.17) is 0 Å². The van der Waals surface area contributed by atoms with Crippen molar-refractivity contribution in [3.63, 3.8) is 0 Å². The summed E-state index contributed by atoms with van der Waals surface area (Å²) in [6.07, 6.45) is -3.77. The highest BCUT2D eigenvalue weighted by atomic mass is 19.4. The van der Waals surface area contributed by atoms with Crippen molar-refractivity contribution in [3.05, 3.63) is 35.4 Å². The van der Waals surface area contributed by atoms with E-state index in [0.717, 1.165) is 12.6 Å². The highest BCUT2D eigenvalue weighted by Gasteiger charge is 2.42. The van der Waals surface area contributed by atoms with Crippen LogP contribution in [0.2, 0.25) is 0 Å². The number of alkyl halides is 3. The molecule has 5 heteroatoms. The van der Waals surface area contributed by atoms with E-state index in [1.165, 1.54) is 12.1 Å². The SMILES string of the molecule is CC(C)C(CN1CCC(O)(c2ccccc2C(F)(F)F)CC1)C(C)C. The molecule has 25 heavy (non-hydrogen) atoms. The van der Waals surface area contributed by atoms with E-state index in [9.17, 15) is 18.3 Å². The molecule has 1 heterocycles. The van der Waals surface area contributed by atoms with Crippen molar-refractivity contribution >= 4 is 0 Å². The van der Waals surface area contributed by atoms with E-state index in [0.29, 0.717) is 43.7 Å². The smallest absolute Gasteiger partial charge is 0.385 e. The molecule has 0 saturated carbocycles. The predicted octanol–water partition coefficient (Wildman–Crippen LogP) is 4.92. The van der Waals surface area contributed by atoms with Crippen LogP contribution in [0.15, 0.2) is 24.3 Å². The molecule has 1 aromatic carbocycles. The van der Waals surface area contributed by atoms with Crippen molar-refractivity contribution in [1.82, 2.24) is 4.90 Å². The van der Waals surface area contributed by atoms with E-state index >= 15 is 0 Å². The quantitative estimate of drug-likeness (QED) is 0.809. The van der Waals surface area contributed by atoms with Gasteiger partial charge in [-0.3, -0.25) is 0 Å². The molecule has 1 saturated heterocycles. The first kappa shape index (κ1) is 20.2. The first-order chi connectivity index (χ1) is 11.5. The molecule has 1 aliphatic heterocycles. The minimum atomic E-state index is -4.44. The summed E-state index contributed by atoms with van der Waals surface area (Å²) < 4.78 is 39.8. The third-order valence-electron chi connectivity index (χ3n) is 5.60. The van der Waals surface area contributed by atoms with Crippen LogP contribution in [-0.4, -0.2) is 29.6 Å². The second kappa shape index (κ2) is 7.67. The van der Waals surface area contributed by atoms with Crippen LogP contribution in [0.5, 0.6) is 0 Å². The normalized spacial score (nSPS) is 19.2. The third-order valence-corrected chi connectivity index (χ3v) is 5.60. The van der Waals surface area contributed by atoms with Crippen LogP contribution in [-0.2, 0) is 11.8 Å². The van der Waals surface area contributed by atoms with Gasteiger partial charge in [-0.2, -0.15) is 13.2 Å². The highest BCUT2D eigenvalue weighted by Crippen LogP contribution is 2.41. The van der Waals surface area contributed by atoms with Crippen LogP contribution < -0.4 is 0 Å². The summed E-state index contributed by atoms with van der Waals surface area (Å²) in [6, 6.07) is 5.43. The summed E-state index contributed by atoms with van der Waals surface area (Å²) in [4.78, 5) is 2.29. The number of halogens is 3. The van der Waals surface area contributed by atoms with Gasteiger partial charge in [-0.15, -0.1) is 0 Å². The number of piperidine rings is 1. The van der Waals surface area contributed by atoms with E-state index in [1.807, 2.05) is 0 Å². The van der Waals surface area contributed by atoms with Gasteiger partial charge in [-0.1, -0.05) is 45.9 Å². The van der Waals surface area contributed by atoms with Gasteiger partial charge in [0.15, 0.2) is 0 Å². The minimum absolute atomic E-state index is 0.0198. The van der Waals surface area contributed by atoms with Gasteiger partial charge < -0.3 is 10.0 Å². The Balaban J connectivity index is 2.11. The third kappa shape index (κ3) is 4.76. The number of hydrogen-bond donors (Lipinski definition) is 1. The molecule has 0 aromatic heterocycles. The summed E-state index contributed by atoms with van der Waals surface area (Å²) in [5.74, 6) is 1.67. The van der Waals surface area contributed by atoms with Gasteiger partial charge >= 0.3 is 6.18 Å². The molecular weight excluding hydrogens is 327 g/mol. The largest absolute Gasteiger partial charge is 0.416 e. The summed E-state index contributed by atoms with van der Waals surface area (Å²) in [5.41, 5.74) is -2.09. The predicted molar refractivity (Wildman–Crippen MR) is 94.2 cm³/mol. The van der Waals surface area contributed by atoms with Gasteiger partial charge in [-0.25, -0.2) is 0 Å². The van der Waals surface area contributed by atoms with Crippen LogP contribution in [0.1, 0.15) is 51.7 Å². The van der Waals surface area contributed by atoms with Crippen LogP contribution >= 0.6 is 0 Å². The zero-order valence-corrected chi connectivity index (χ0v) is 15.6. The van der Waals surface area contributed by atoms with E-state index < -0.39 is 17.3 Å². The van der Waals surface area contributed by atoms with Crippen molar-refractivity contribution in [2.45, 2.75) is 52.3 Å². The molecule has 1 N–H and O–H groups in total. The van der Waals surface area contributed by atoms with E-state index in [-0.39, 0.29) is 5.56 Å². The second-order valence-corrected chi connectivity index (χ2v) is 8.03. The van der Waals surface area contributed by atoms with Crippen molar-refractivity contribution < 1.29 is 18.3 Å². The highest BCUT2D eigenvalue weighted by molar-refractivity contribution is 5.35. The average molecular weight is 357 g/mol. The molecule has 0 unspecified atom stereocenters. The fourth-order valence-electron chi connectivity index (χ4n) is 4.00. The molecule has 0 amide bonds. The van der Waals surface area contributed by atoms with Gasteiger partial charge in [-0.05, 0) is 42.2 Å². The lowest BCUT2D eigenvalue weighted by Gasteiger charge is -2.41. The van der Waals surface area contributed by atoms with Gasteiger partial charge in [0.1, 0.15) is 0 Å². The molecule has 0 bridgehead atoms. The molecule has 0 aliphatic carbocycles. The Labute approximate surface area is 149 Å². The van der Waals surface area contributed by atoms with Crippen LogP contribution in [0, 0.1) is 17.8 Å². The lowest BCUT2D eigenvalue weighted by Crippen LogP contribution is -2.46.